The highest BCUT2D eigenvalue weighted by molar-refractivity contribution is 9.08. The molecule has 0 aliphatic rings. The number of hydrogen-bond acceptors (Lipinski definition) is 3. The Kier molecular flexibility index (Phi) is 2.56. The smallest absolute Gasteiger partial charge is 0.161 e. The summed E-state index contributed by atoms with van der Waals surface area (Å²) in [6.45, 7) is 1.89. The van der Waals surface area contributed by atoms with Gasteiger partial charge in [0.15, 0.2) is 6.29 Å². The fourth-order valence-corrected chi connectivity index (χ4v) is 2.04. The summed E-state index contributed by atoms with van der Waals surface area (Å²) in [5.41, 5.74) is 0.845. The first-order valence-electron chi connectivity index (χ1n) is 2.75. The maximum Gasteiger partial charge on any atom is 0.161 e. The van der Waals surface area contributed by atoms with Gasteiger partial charge in [-0.05, 0) is 6.92 Å². The van der Waals surface area contributed by atoms with Crippen LogP contribution in [0.1, 0.15) is 20.4 Å². The lowest BCUT2D eigenvalue weighted by atomic mass is 10.4. The molecule has 1 heterocycles. The normalized spacial score (nSPS) is 9.80. The third kappa shape index (κ3) is 1.44. The first kappa shape index (κ1) is 7.88. The largest absolute Gasteiger partial charge is 0.297 e. The molecule has 0 saturated carbocycles. The maximum absolute atomic E-state index is 10.3. The molecule has 0 spiro atoms. The monoisotopic (exact) mass is 219 g/mol. The molecule has 0 N–H and O–H groups in total. The van der Waals surface area contributed by atoms with Crippen molar-refractivity contribution in [1.29, 1.82) is 0 Å². The van der Waals surface area contributed by atoms with Crippen molar-refractivity contribution in [2.45, 2.75) is 12.3 Å². The van der Waals surface area contributed by atoms with E-state index >= 15 is 0 Å². The number of aldehydes is 1. The van der Waals surface area contributed by atoms with E-state index in [0.717, 1.165) is 21.9 Å². The number of aryl methyl sites for hydroxylation is 1. The Labute approximate surface area is 71.4 Å². The average molecular weight is 220 g/mol. The van der Waals surface area contributed by atoms with Gasteiger partial charge in [0.05, 0.1) is 15.6 Å². The standard InChI is InChI=1S/C6H6BrNOS/c1-4-8-5(2-7)6(3-9)10-4/h3H,2H2,1H3. The summed E-state index contributed by atoms with van der Waals surface area (Å²) >= 11 is 4.68. The van der Waals surface area contributed by atoms with Crippen LogP contribution in [0.4, 0.5) is 0 Å². The third-order valence-electron chi connectivity index (χ3n) is 1.07. The number of rotatable bonds is 2. The highest BCUT2D eigenvalue weighted by atomic mass is 79.9. The zero-order valence-corrected chi connectivity index (χ0v) is 7.83. The minimum Gasteiger partial charge on any atom is -0.297 e. The highest BCUT2D eigenvalue weighted by Gasteiger charge is 2.04. The summed E-state index contributed by atoms with van der Waals surface area (Å²) in [4.78, 5) is 15.2. The molecule has 0 amide bonds. The Morgan fingerprint density at radius 1 is 1.80 bits per heavy atom. The summed E-state index contributed by atoms with van der Waals surface area (Å²) in [6.07, 6.45) is 0.848. The van der Waals surface area contributed by atoms with Crippen LogP contribution in [0.3, 0.4) is 0 Å². The molecular weight excluding hydrogens is 214 g/mol. The van der Waals surface area contributed by atoms with Gasteiger partial charge in [-0.2, -0.15) is 0 Å². The zero-order chi connectivity index (χ0) is 7.56. The van der Waals surface area contributed by atoms with E-state index in [1.807, 2.05) is 6.92 Å². The van der Waals surface area contributed by atoms with Gasteiger partial charge in [-0.1, -0.05) is 15.9 Å². The van der Waals surface area contributed by atoms with Crippen LogP contribution in [0.15, 0.2) is 0 Å². The SMILES string of the molecule is Cc1nc(CBr)c(C=O)s1. The fraction of sp³-hybridized carbons (Fsp3) is 0.333. The highest BCUT2D eigenvalue weighted by Crippen LogP contribution is 2.17. The van der Waals surface area contributed by atoms with Crippen LogP contribution in [-0.2, 0) is 5.33 Å². The number of alkyl halides is 1. The Morgan fingerprint density at radius 3 is 2.90 bits per heavy atom. The number of carbonyl (C=O) groups is 1. The van der Waals surface area contributed by atoms with Gasteiger partial charge >= 0.3 is 0 Å². The van der Waals surface area contributed by atoms with E-state index in [1.165, 1.54) is 11.3 Å². The molecule has 0 radical (unpaired) electrons. The van der Waals surface area contributed by atoms with E-state index in [9.17, 15) is 4.79 Å². The summed E-state index contributed by atoms with van der Waals surface area (Å²) in [5.74, 6) is 0. The van der Waals surface area contributed by atoms with Gasteiger partial charge in [-0.25, -0.2) is 4.98 Å². The van der Waals surface area contributed by atoms with E-state index in [2.05, 4.69) is 20.9 Å². The molecule has 54 valence electrons. The quantitative estimate of drug-likeness (QED) is 0.564. The van der Waals surface area contributed by atoms with E-state index < -0.39 is 0 Å². The Balaban J connectivity index is 3.08. The lowest BCUT2D eigenvalue weighted by Gasteiger charge is -1.83. The minimum absolute atomic E-state index is 0.658. The van der Waals surface area contributed by atoms with Crippen LogP contribution in [0.25, 0.3) is 0 Å². The van der Waals surface area contributed by atoms with Crippen molar-refractivity contribution in [3.63, 3.8) is 0 Å². The van der Waals surface area contributed by atoms with Crippen LogP contribution in [-0.4, -0.2) is 11.3 Å². The molecule has 0 atom stereocenters. The molecule has 10 heavy (non-hydrogen) atoms. The van der Waals surface area contributed by atoms with E-state index in [-0.39, 0.29) is 0 Å². The topological polar surface area (TPSA) is 30.0 Å². The van der Waals surface area contributed by atoms with Crippen molar-refractivity contribution in [2.75, 3.05) is 0 Å². The molecule has 1 aromatic heterocycles. The lowest BCUT2D eigenvalue weighted by molar-refractivity contribution is 0.112. The van der Waals surface area contributed by atoms with Crippen LogP contribution in [0.2, 0.25) is 0 Å². The predicted octanol–water partition coefficient (Wildman–Crippen LogP) is 2.16. The summed E-state index contributed by atoms with van der Waals surface area (Å²) in [6, 6.07) is 0. The van der Waals surface area contributed by atoms with Crippen molar-refractivity contribution in [3.05, 3.63) is 15.6 Å². The predicted molar refractivity (Wildman–Crippen MR) is 44.9 cm³/mol. The number of thiazole rings is 1. The molecule has 1 aromatic rings. The maximum atomic E-state index is 10.3. The summed E-state index contributed by atoms with van der Waals surface area (Å²) in [5, 5.41) is 1.60. The van der Waals surface area contributed by atoms with Gasteiger partial charge in [0.2, 0.25) is 0 Å². The molecule has 2 nitrogen and oxygen atoms in total. The number of carbonyl (C=O) groups excluding carboxylic acids is 1. The fourth-order valence-electron chi connectivity index (χ4n) is 0.674. The summed E-state index contributed by atoms with van der Waals surface area (Å²) in [7, 11) is 0. The van der Waals surface area contributed by atoms with Crippen LogP contribution >= 0.6 is 27.3 Å². The first-order chi connectivity index (χ1) is 4.77. The van der Waals surface area contributed by atoms with Gasteiger partial charge < -0.3 is 0 Å². The average Bonchev–Trinajstić information content (AvgIpc) is 2.30. The molecule has 0 aliphatic carbocycles. The van der Waals surface area contributed by atoms with Crippen molar-refractivity contribution in [3.8, 4) is 0 Å². The lowest BCUT2D eigenvalue weighted by Crippen LogP contribution is -1.82. The van der Waals surface area contributed by atoms with Crippen LogP contribution in [0, 0.1) is 6.92 Å². The molecule has 1 rings (SSSR count). The van der Waals surface area contributed by atoms with E-state index in [1.54, 1.807) is 0 Å². The molecule has 0 aromatic carbocycles. The molecule has 0 aliphatic heterocycles. The van der Waals surface area contributed by atoms with Gasteiger partial charge in [-0.15, -0.1) is 11.3 Å². The number of halogens is 1. The molecular formula is C6H6BrNOS. The van der Waals surface area contributed by atoms with Gasteiger partial charge in [-0.3, -0.25) is 4.79 Å². The van der Waals surface area contributed by atoms with Gasteiger partial charge in [0.1, 0.15) is 0 Å². The van der Waals surface area contributed by atoms with E-state index in [4.69, 9.17) is 0 Å². The first-order valence-corrected chi connectivity index (χ1v) is 4.69. The number of hydrogen-bond donors (Lipinski definition) is 0. The van der Waals surface area contributed by atoms with Gasteiger partial charge in [0.25, 0.3) is 0 Å². The zero-order valence-electron chi connectivity index (χ0n) is 5.43. The van der Waals surface area contributed by atoms with Crippen LogP contribution < -0.4 is 0 Å². The molecule has 0 saturated heterocycles. The van der Waals surface area contributed by atoms with Crippen molar-refractivity contribution >= 4 is 33.6 Å². The third-order valence-corrected chi connectivity index (χ3v) is 2.54. The van der Waals surface area contributed by atoms with E-state index in [0.29, 0.717) is 5.33 Å². The second-order valence-electron chi connectivity index (χ2n) is 1.80. The molecule has 0 fully saturated rings. The Bertz CT molecular complexity index is 246. The number of nitrogens with zero attached hydrogens (tertiary/aromatic N) is 1. The molecule has 4 heteroatoms. The van der Waals surface area contributed by atoms with Crippen molar-refractivity contribution in [1.82, 2.24) is 4.98 Å². The minimum atomic E-state index is 0.658. The molecule has 0 bridgehead atoms. The Hall–Kier alpha value is -0.220. The second kappa shape index (κ2) is 3.25. The number of aromatic nitrogens is 1. The van der Waals surface area contributed by atoms with Gasteiger partial charge in [0, 0.05) is 5.33 Å². The van der Waals surface area contributed by atoms with Crippen LogP contribution in [0.5, 0.6) is 0 Å². The Morgan fingerprint density at radius 2 is 2.50 bits per heavy atom. The molecule has 0 unspecified atom stereocenters. The van der Waals surface area contributed by atoms with Crippen molar-refractivity contribution < 1.29 is 4.79 Å². The second-order valence-corrected chi connectivity index (χ2v) is 3.59. The van der Waals surface area contributed by atoms with Crippen molar-refractivity contribution in [2.24, 2.45) is 0 Å². The summed E-state index contributed by atoms with van der Waals surface area (Å²) < 4.78 is 0.